The van der Waals surface area contributed by atoms with Gasteiger partial charge < -0.3 is 0 Å². The van der Waals surface area contributed by atoms with Gasteiger partial charge in [0, 0.05) is 5.02 Å². The van der Waals surface area contributed by atoms with E-state index in [-0.39, 0.29) is 4.90 Å². The summed E-state index contributed by atoms with van der Waals surface area (Å²) < 4.78 is 40.3. The van der Waals surface area contributed by atoms with Crippen LogP contribution in [0, 0.1) is 19.7 Å². The highest BCUT2D eigenvalue weighted by Gasteiger charge is 2.17. The molecule has 0 radical (unpaired) electrons. The van der Waals surface area contributed by atoms with Gasteiger partial charge >= 0.3 is 0 Å². The second kappa shape index (κ2) is 5.42. The minimum Gasteiger partial charge on any atom is -0.279 e. The number of nitrogens with one attached hydrogen (secondary N) is 1. The first-order valence-corrected chi connectivity index (χ1v) is 7.71. The summed E-state index contributed by atoms with van der Waals surface area (Å²) in [6, 6.07) is 8.69. The van der Waals surface area contributed by atoms with E-state index in [9.17, 15) is 12.8 Å². The molecule has 0 aromatic heterocycles. The maximum Gasteiger partial charge on any atom is 0.262 e. The molecule has 3 nitrogen and oxygen atoms in total. The van der Waals surface area contributed by atoms with Gasteiger partial charge in [0.05, 0.1) is 10.6 Å². The Bertz CT molecular complexity index is 760. The Hall–Kier alpha value is -1.59. The molecule has 0 saturated carbocycles. The van der Waals surface area contributed by atoms with E-state index in [1.54, 1.807) is 32.0 Å². The largest absolute Gasteiger partial charge is 0.279 e. The summed E-state index contributed by atoms with van der Waals surface area (Å²) in [4.78, 5) is -0.125. The van der Waals surface area contributed by atoms with Crippen LogP contribution >= 0.6 is 11.6 Å². The van der Waals surface area contributed by atoms with Crippen LogP contribution in [0.2, 0.25) is 5.02 Å². The number of benzene rings is 2. The van der Waals surface area contributed by atoms with Gasteiger partial charge in [0.25, 0.3) is 10.0 Å². The highest BCUT2D eigenvalue weighted by atomic mass is 35.5. The first kappa shape index (κ1) is 14.8. The van der Waals surface area contributed by atoms with Crippen LogP contribution in [0.15, 0.2) is 41.3 Å². The molecule has 2 aromatic rings. The third kappa shape index (κ3) is 2.94. The smallest absolute Gasteiger partial charge is 0.262 e. The average Bonchev–Trinajstić information content (AvgIpc) is 2.38. The molecule has 0 aliphatic heterocycles. The Kier molecular flexibility index (Phi) is 4.01. The summed E-state index contributed by atoms with van der Waals surface area (Å²) in [6.07, 6.45) is 0. The predicted octanol–water partition coefficient (Wildman–Crippen LogP) is 3.90. The molecule has 0 aliphatic rings. The van der Waals surface area contributed by atoms with Crippen LogP contribution in [0.25, 0.3) is 0 Å². The molecule has 6 heteroatoms. The summed E-state index contributed by atoms with van der Waals surface area (Å²) in [6.45, 7) is 3.27. The third-order valence-corrected chi connectivity index (χ3v) is 4.74. The van der Waals surface area contributed by atoms with Crippen molar-refractivity contribution >= 4 is 27.3 Å². The van der Waals surface area contributed by atoms with E-state index in [4.69, 9.17) is 11.6 Å². The van der Waals surface area contributed by atoms with Crippen molar-refractivity contribution < 1.29 is 12.8 Å². The summed E-state index contributed by atoms with van der Waals surface area (Å²) in [5, 5.41) is 0.459. The van der Waals surface area contributed by atoms with Gasteiger partial charge in [0.1, 0.15) is 5.82 Å². The zero-order valence-electron chi connectivity index (χ0n) is 10.9. The standard InChI is InChI=1S/C14H13ClFNO2S/c1-9-6-7-11(8-13(9)16)20(18,19)17-14-5-3-4-12(15)10(14)2/h3-8,17H,1-2H3. The van der Waals surface area contributed by atoms with Gasteiger partial charge in [-0.25, -0.2) is 12.8 Å². The van der Waals surface area contributed by atoms with E-state index in [2.05, 4.69) is 4.72 Å². The lowest BCUT2D eigenvalue weighted by atomic mass is 10.2. The fourth-order valence-electron chi connectivity index (χ4n) is 1.66. The van der Waals surface area contributed by atoms with Crippen LogP contribution < -0.4 is 4.72 Å². The van der Waals surface area contributed by atoms with Crippen molar-refractivity contribution in [2.24, 2.45) is 0 Å². The molecule has 0 amide bonds. The molecule has 0 unspecified atom stereocenters. The Morgan fingerprint density at radius 3 is 2.50 bits per heavy atom. The van der Waals surface area contributed by atoms with Crippen LogP contribution in [0.5, 0.6) is 0 Å². The molecule has 20 heavy (non-hydrogen) atoms. The van der Waals surface area contributed by atoms with Crippen LogP contribution in [-0.2, 0) is 10.0 Å². The van der Waals surface area contributed by atoms with Crippen molar-refractivity contribution in [1.82, 2.24) is 0 Å². The summed E-state index contributed by atoms with van der Waals surface area (Å²) in [5.74, 6) is -0.560. The van der Waals surface area contributed by atoms with E-state index < -0.39 is 15.8 Å². The zero-order chi connectivity index (χ0) is 14.9. The lowest BCUT2D eigenvalue weighted by molar-refractivity contribution is 0.593. The highest BCUT2D eigenvalue weighted by molar-refractivity contribution is 7.92. The second-order valence-corrected chi connectivity index (χ2v) is 6.52. The molecule has 1 N–H and O–H groups in total. The molecular formula is C14H13ClFNO2S. The fraction of sp³-hybridized carbons (Fsp3) is 0.143. The minimum absolute atomic E-state index is 0.125. The Morgan fingerprint density at radius 1 is 1.15 bits per heavy atom. The topological polar surface area (TPSA) is 46.2 Å². The van der Waals surface area contributed by atoms with Crippen LogP contribution in [-0.4, -0.2) is 8.42 Å². The van der Waals surface area contributed by atoms with Crippen LogP contribution in [0.3, 0.4) is 0 Å². The predicted molar refractivity (Wildman–Crippen MR) is 78.1 cm³/mol. The van der Waals surface area contributed by atoms with E-state index >= 15 is 0 Å². The second-order valence-electron chi connectivity index (χ2n) is 4.43. The zero-order valence-corrected chi connectivity index (χ0v) is 12.5. The van der Waals surface area contributed by atoms with E-state index in [1.807, 2.05) is 0 Å². The number of hydrogen-bond donors (Lipinski definition) is 1. The van der Waals surface area contributed by atoms with Crippen molar-refractivity contribution in [3.8, 4) is 0 Å². The molecular weight excluding hydrogens is 301 g/mol. The number of rotatable bonds is 3. The number of anilines is 1. The van der Waals surface area contributed by atoms with E-state index in [0.717, 1.165) is 6.07 Å². The Balaban J connectivity index is 2.41. The maximum absolute atomic E-state index is 13.5. The monoisotopic (exact) mass is 313 g/mol. The Morgan fingerprint density at radius 2 is 1.85 bits per heavy atom. The van der Waals surface area contributed by atoms with Gasteiger partial charge in [0.15, 0.2) is 0 Å². The molecule has 0 heterocycles. The van der Waals surface area contributed by atoms with Crippen LogP contribution in [0.1, 0.15) is 11.1 Å². The molecule has 2 aromatic carbocycles. The summed E-state index contributed by atoms with van der Waals surface area (Å²) >= 11 is 5.94. The lowest BCUT2D eigenvalue weighted by Gasteiger charge is -2.11. The molecule has 2 rings (SSSR count). The number of hydrogen-bond acceptors (Lipinski definition) is 2. The molecule has 0 bridgehead atoms. The molecule has 0 aliphatic carbocycles. The van der Waals surface area contributed by atoms with Gasteiger partial charge in [0.2, 0.25) is 0 Å². The first-order valence-electron chi connectivity index (χ1n) is 5.85. The molecule has 0 atom stereocenters. The lowest BCUT2D eigenvalue weighted by Crippen LogP contribution is -2.14. The number of aryl methyl sites for hydroxylation is 1. The minimum atomic E-state index is -3.84. The van der Waals surface area contributed by atoms with Gasteiger partial charge in [-0.05, 0) is 49.2 Å². The normalized spacial score (nSPS) is 11.4. The van der Waals surface area contributed by atoms with Gasteiger partial charge in [-0.2, -0.15) is 0 Å². The summed E-state index contributed by atoms with van der Waals surface area (Å²) in [5.41, 5.74) is 1.38. The van der Waals surface area contributed by atoms with Gasteiger partial charge in [-0.1, -0.05) is 23.7 Å². The van der Waals surface area contributed by atoms with Crippen molar-refractivity contribution in [2.75, 3.05) is 4.72 Å². The number of sulfonamides is 1. The molecule has 0 fully saturated rings. The SMILES string of the molecule is Cc1ccc(S(=O)(=O)Nc2cccc(Cl)c2C)cc1F. The van der Waals surface area contributed by atoms with Crippen LogP contribution in [0.4, 0.5) is 10.1 Å². The Labute approximate surface area is 122 Å². The van der Waals surface area contributed by atoms with Gasteiger partial charge in [-0.15, -0.1) is 0 Å². The fourth-order valence-corrected chi connectivity index (χ4v) is 2.97. The van der Waals surface area contributed by atoms with Crippen molar-refractivity contribution in [2.45, 2.75) is 18.7 Å². The highest BCUT2D eigenvalue weighted by Crippen LogP contribution is 2.25. The maximum atomic E-state index is 13.5. The van der Waals surface area contributed by atoms with Crippen molar-refractivity contribution in [3.05, 3.63) is 58.4 Å². The van der Waals surface area contributed by atoms with Gasteiger partial charge in [-0.3, -0.25) is 4.72 Å². The van der Waals surface area contributed by atoms with E-state index in [1.165, 1.54) is 12.1 Å². The molecule has 0 saturated heterocycles. The average molecular weight is 314 g/mol. The quantitative estimate of drug-likeness (QED) is 0.934. The summed E-state index contributed by atoms with van der Waals surface area (Å²) in [7, 11) is -3.84. The molecule has 106 valence electrons. The van der Waals surface area contributed by atoms with Crippen molar-refractivity contribution in [3.63, 3.8) is 0 Å². The first-order chi connectivity index (χ1) is 9.31. The van der Waals surface area contributed by atoms with E-state index in [0.29, 0.717) is 21.8 Å². The van der Waals surface area contributed by atoms with Crippen molar-refractivity contribution in [1.29, 1.82) is 0 Å². The third-order valence-electron chi connectivity index (χ3n) is 2.97. The molecule has 0 spiro atoms. The number of halogens is 2.